The number of aromatic nitrogens is 2. The number of hydrogen-bond acceptors (Lipinski definition) is 5. The number of aryl methyl sites for hydroxylation is 1. The van der Waals surface area contributed by atoms with Crippen LogP contribution in [0.1, 0.15) is 37.2 Å². The van der Waals surface area contributed by atoms with Gasteiger partial charge in [-0.25, -0.2) is 9.78 Å². The standard InChI is InChI=1S/C28H28ClN5O4/c1-4-38-23-12-8-6-10-21(23)32-28(37)34(25(26(30)35)18-13-15-19(29)16-14-18)17(2)24-27(36)33(3)22-11-7-5-9-20(22)31-24/h5-17,25H,4H2,1-3H3,(H2,30,35)(H,32,37)/t17?,25-/m1/s1. The molecule has 0 bridgehead atoms. The Bertz CT molecular complexity index is 1540. The minimum atomic E-state index is -1.24. The van der Waals surface area contributed by atoms with Gasteiger partial charge in [0.25, 0.3) is 5.56 Å². The van der Waals surface area contributed by atoms with Gasteiger partial charge in [-0.3, -0.25) is 14.5 Å². The van der Waals surface area contributed by atoms with Crippen LogP contribution < -0.4 is 21.3 Å². The van der Waals surface area contributed by atoms with Crippen LogP contribution in [0.2, 0.25) is 5.02 Å². The summed E-state index contributed by atoms with van der Waals surface area (Å²) in [4.78, 5) is 46.0. The Morgan fingerprint density at radius 1 is 1.08 bits per heavy atom. The SMILES string of the molecule is CCOc1ccccc1NC(=O)N(C(C)c1nc2ccccc2n(C)c1=O)[C@@H](C(N)=O)c1ccc(Cl)cc1. The van der Waals surface area contributed by atoms with Gasteiger partial charge in [-0.15, -0.1) is 0 Å². The molecule has 0 saturated carbocycles. The first-order chi connectivity index (χ1) is 18.2. The summed E-state index contributed by atoms with van der Waals surface area (Å²) in [7, 11) is 1.63. The van der Waals surface area contributed by atoms with Crippen molar-refractivity contribution in [3.63, 3.8) is 0 Å². The fraction of sp³-hybridized carbons (Fsp3) is 0.214. The molecular weight excluding hydrogens is 506 g/mol. The molecule has 38 heavy (non-hydrogen) atoms. The van der Waals surface area contributed by atoms with Gasteiger partial charge in [0.2, 0.25) is 5.91 Å². The third-order valence-corrected chi connectivity index (χ3v) is 6.47. The Labute approximate surface area is 224 Å². The van der Waals surface area contributed by atoms with Gasteiger partial charge in [0.1, 0.15) is 17.5 Å². The second-order valence-electron chi connectivity index (χ2n) is 8.65. The van der Waals surface area contributed by atoms with Crippen LogP contribution in [0.15, 0.2) is 77.6 Å². The number of primary amides is 1. The average molecular weight is 534 g/mol. The fourth-order valence-corrected chi connectivity index (χ4v) is 4.49. The molecule has 3 aromatic carbocycles. The molecule has 0 saturated heterocycles. The number of fused-ring (bicyclic) bond motifs is 1. The predicted molar refractivity (Wildman–Crippen MR) is 147 cm³/mol. The van der Waals surface area contributed by atoms with Gasteiger partial charge in [0.05, 0.1) is 29.4 Å². The number of halogens is 1. The molecule has 0 aliphatic heterocycles. The Kier molecular flexibility index (Phi) is 7.97. The van der Waals surface area contributed by atoms with Crippen LogP contribution in [0.4, 0.5) is 10.5 Å². The van der Waals surface area contributed by atoms with Crippen molar-refractivity contribution in [2.75, 3.05) is 11.9 Å². The summed E-state index contributed by atoms with van der Waals surface area (Å²) in [6, 6.07) is 17.7. The number of nitrogens with zero attached hydrogens (tertiary/aromatic N) is 3. The summed E-state index contributed by atoms with van der Waals surface area (Å²) < 4.78 is 7.11. The summed E-state index contributed by atoms with van der Waals surface area (Å²) >= 11 is 6.07. The first-order valence-corrected chi connectivity index (χ1v) is 12.4. The molecule has 9 nitrogen and oxygen atoms in total. The first kappa shape index (κ1) is 26.7. The lowest BCUT2D eigenvalue weighted by Crippen LogP contribution is -2.46. The maximum absolute atomic E-state index is 13.9. The Balaban J connectivity index is 1.86. The van der Waals surface area contributed by atoms with Gasteiger partial charge in [0.15, 0.2) is 0 Å². The molecule has 4 rings (SSSR count). The number of urea groups is 1. The van der Waals surface area contributed by atoms with E-state index in [1.54, 1.807) is 74.6 Å². The fourth-order valence-electron chi connectivity index (χ4n) is 4.36. The maximum atomic E-state index is 13.9. The third kappa shape index (κ3) is 5.33. The van der Waals surface area contributed by atoms with Crippen LogP contribution in [0.5, 0.6) is 5.75 Å². The van der Waals surface area contributed by atoms with Gasteiger partial charge in [0, 0.05) is 12.1 Å². The van der Waals surface area contributed by atoms with E-state index in [0.29, 0.717) is 39.7 Å². The van der Waals surface area contributed by atoms with Crippen LogP contribution in [-0.4, -0.2) is 33.0 Å². The molecule has 1 unspecified atom stereocenters. The number of hydrogen-bond donors (Lipinski definition) is 2. The molecule has 3 N–H and O–H groups in total. The van der Waals surface area contributed by atoms with E-state index in [0.717, 1.165) is 0 Å². The highest BCUT2D eigenvalue weighted by Gasteiger charge is 2.36. The number of carbonyl (C=O) groups excluding carboxylic acids is 2. The van der Waals surface area contributed by atoms with Gasteiger partial charge in [-0.2, -0.15) is 0 Å². The smallest absolute Gasteiger partial charge is 0.323 e. The number of nitrogens with two attached hydrogens (primary N) is 1. The largest absolute Gasteiger partial charge is 0.492 e. The van der Waals surface area contributed by atoms with Crippen molar-refractivity contribution in [1.29, 1.82) is 0 Å². The minimum absolute atomic E-state index is 0.0830. The minimum Gasteiger partial charge on any atom is -0.492 e. The normalized spacial score (nSPS) is 12.5. The Morgan fingerprint density at radius 3 is 2.42 bits per heavy atom. The Morgan fingerprint density at radius 2 is 1.74 bits per heavy atom. The molecule has 10 heteroatoms. The summed E-state index contributed by atoms with van der Waals surface area (Å²) in [6.07, 6.45) is 0. The number of amides is 3. The summed E-state index contributed by atoms with van der Waals surface area (Å²) in [5.41, 5.74) is 7.59. The topological polar surface area (TPSA) is 120 Å². The van der Waals surface area contributed by atoms with Crippen molar-refractivity contribution in [3.8, 4) is 5.75 Å². The number of anilines is 1. The van der Waals surface area contributed by atoms with Crippen LogP contribution in [0.3, 0.4) is 0 Å². The molecule has 0 aliphatic rings. The lowest BCUT2D eigenvalue weighted by molar-refractivity contribution is -0.123. The molecule has 4 aromatic rings. The van der Waals surface area contributed by atoms with Crippen molar-refractivity contribution in [2.45, 2.75) is 25.9 Å². The van der Waals surface area contributed by atoms with Crippen LogP contribution in [0.25, 0.3) is 11.0 Å². The highest BCUT2D eigenvalue weighted by Crippen LogP contribution is 2.32. The van der Waals surface area contributed by atoms with Crippen molar-refractivity contribution in [3.05, 3.63) is 99.4 Å². The van der Waals surface area contributed by atoms with E-state index < -0.39 is 29.6 Å². The predicted octanol–water partition coefficient (Wildman–Crippen LogP) is 4.81. The number of carbonyl (C=O) groups is 2. The highest BCUT2D eigenvalue weighted by atomic mass is 35.5. The van der Waals surface area contributed by atoms with Crippen molar-refractivity contribution in [1.82, 2.24) is 14.5 Å². The van der Waals surface area contributed by atoms with E-state index in [2.05, 4.69) is 10.3 Å². The molecule has 0 spiro atoms. The first-order valence-electron chi connectivity index (χ1n) is 12.0. The van der Waals surface area contributed by atoms with E-state index in [1.807, 2.05) is 19.1 Å². The number of nitrogens with one attached hydrogen (secondary N) is 1. The molecule has 0 aliphatic carbocycles. The van der Waals surface area contributed by atoms with E-state index in [1.165, 1.54) is 9.47 Å². The molecule has 0 radical (unpaired) electrons. The number of benzene rings is 3. The third-order valence-electron chi connectivity index (χ3n) is 6.22. The highest BCUT2D eigenvalue weighted by molar-refractivity contribution is 6.30. The molecule has 1 aromatic heterocycles. The quantitative estimate of drug-likeness (QED) is 0.337. The molecule has 1 heterocycles. The number of para-hydroxylation sites is 4. The van der Waals surface area contributed by atoms with Crippen LogP contribution in [0, 0.1) is 0 Å². The second-order valence-corrected chi connectivity index (χ2v) is 9.09. The zero-order chi connectivity index (χ0) is 27.4. The monoisotopic (exact) mass is 533 g/mol. The van der Waals surface area contributed by atoms with E-state index in [9.17, 15) is 14.4 Å². The number of rotatable bonds is 8. The summed E-state index contributed by atoms with van der Waals surface area (Å²) in [5.74, 6) is -0.331. The molecule has 3 amide bonds. The van der Waals surface area contributed by atoms with Crippen LogP contribution >= 0.6 is 11.6 Å². The van der Waals surface area contributed by atoms with Crippen molar-refractivity contribution in [2.24, 2.45) is 12.8 Å². The van der Waals surface area contributed by atoms with Gasteiger partial charge in [-0.05, 0) is 55.8 Å². The molecule has 2 atom stereocenters. The number of ether oxygens (including phenoxy) is 1. The van der Waals surface area contributed by atoms with Crippen molar-refractivity contribution < 1.29 is 14.3 Å². The maximum Gasteiger partial charge on any atom is 0.323 e. The van der Waals surface area contributed by atoms with Gasteiger partial charge in [-0.1, -0.05) is 48.0 Å². The molecule has 196 valence electrons. The lowest BCUT2D eigenvalue weighted by atomic mass is 10.0. The second kappa shape index (κ2) is 11.4. The van der Waals surface area contributed by atoms with E-state index >= 15 is 0 Å². The van der Waals surface area contributed by atoms with Gasteiger partial charge < -0.3 is 20.4 Å². The van der Waals surface area contributed by atoms with Crippen LogP contribution in [-0.2, 0) is 11.8 Å². The Hall–Kier alpha value is -4.37. The zero-order valence-electron chi connectivity index (χ0n) is 21.2. The average Bonchev–Trinajstić information content (AvgIpc) is 2.90. The molecule has 0 fully saturated rings. The summed E-state index contributed by atoms with van der Waals surface area (Å²) in [5, 5.41) is 3.28. The lowest BCUT2D eigenvalue weighted by Gasteiger charge is -2.35. The van der Waals surface area contributed by atoms with Crippen molar-refractivity contribution >= 4 is 40.3 Å². The van der Waals surface area contributed by atoms with E-state index in [4.69, 9.17) is 22.1 Å². The van der Waals surface area contributed by atoms with E-state index in [-0.39, 0.29) is 5.69 Å². The molecular formula is C28H28ClN5O4. The zero-order valence-corrected chi connectivity index (χ0v) is 22.0. The summed E-state index contributed by atoms with van der Waals surface area (Å²) in [6.45, 7) is 3.86. The van der Waals surface area contributed by atoms with Gasteiger partial charge >= 0.3 is 6.03 Å².